The van der Waals surface area contributed by atoms with Gasteiger partial charge in [-0.1, -0.05) is 45.0 Å². The Morgan fingerprint density at radius 1 is 1.23 bits per heavy atom. The summed E-state index contributed by atoms with van der Waals surface area (Å²) in [6, 6.07) is 8.01. The van der Waals surface area contributed by atoms with Crippen molar-refractivity contribution in [2.75, 3.05) is 20.0 Å². The van der Waals surface area contributed by atoms with Crippen molar-refractivity contribution >= 4 is 5.78 Å². The Balaban J connectivity index is 1.84. The normalized spacial score (nSPS) is 18.5. The van der Waals surface area contributed by atoms with Crippen LogP contribution in [-0.2, 0) is 26.1 Å². The molecule has 0 bridgehead atoms. The molecule has 1 aliphatic heterocycles. The van der Waals surface area contributed by atoms with Gasteiger partial charge >= 0.3 is 0 Å². The summed E-state index contributed by atoms with van der Waals surface area (Å²) in [5, 5.41) is 4.22. The van der Waals surface area contributed by atoms with Crippen molar-refractivity contribution in [3.05, 3.63) is 48.0 Å². The van der Waals surface area contributed by atoms with Gasteiger partial charge in [-0.25, -0.2) is 9.67 Å². The Morgan fingerprint density at radius 2 is 1.88 bits per heavy atom. The van der Waals surface area contributed by atoms with Gasteiger partial charge in [0.25, 0.3) is 0 Å². The van der Waals surface area contributed by atoms with Gasteiger partial charge in [-0.05, 0) is 23.5 Å². The molecule has 26 heavy (non-hydrogen) atoms. The van der Waals surface area contributed by atoms with Gasteiger partial charge in [-0.2, -0.15) is 5.10 Å². The van der Waals surface area contributed by atoms with Gasteiger partial charge in [-0.15, -0.1) is 0 Å². The summed E-state index contributed by atoms with van der Waals surface area (Å²) >= 11 is 0. The Hall–Kier alpha value is -2.05. The number of benzene rings is 1. The average Bonchev–Trinajstić information content (AvgIpc) is 3.14. The number of aromatic nitrogens is 3. The highest BCUT2D eigenvalue weighted by atomic mass is 16.7. The molecule has 3 rings (SSSR count). The molecule has 1 saturated heterocycles. The van der Waals surface area contributed by atoms with Gasteiger partial charge in [0, 0.05) is 6.42 Å². The molecule has 1 aromatic heterocycles. The number of hydrogen-bond donors (Lipinski definition) is 0. The van der Waals surface area contributed by atoms with E-state index in [1.54, 1.807) is 11.0 Å². The molecule has 1 unspecified atom stereocenters. The molecule has 140 valence electrons. The fraction of sp³-hybridized carbons (Fsp3) is 0.550. The van der Waals surface area contributed by atoms with Gasteiger partial charge in [0.1, 0.15) is 25.5 Å². The van der Waals surface area contributed by atoms with Crippen LogP contribution in [-0.4, -0.2) is 40.6 Å². The Morgan fingerprint density at radius 3 is 2.42 bits per heavy atom. The maximum Gasteiger partial charge on any atom is 0.168 e. The third-order valence-corrected chi connectivity index (χ3v) is 4.91. The summed E-state index contributed by atoms with van der Waals surface area (Å²) in [7, 11) is 0. The quantitative estimate of drug-likeness (QED) is 0.823. The molecule has 2 aromatic rings. The number of rotatable bonds is 5. The van der Waals surface area contributed by atoms with Gasteiger partial charge in [0.2, 0.25) is 0 Å². The minimum atomic E-state index is -0.680. The summed E-state index contributed by atoms with van der Waals surface area (Å²) < 4.78 is 12.4. The summed E-state index contributed by atoms with van der Waals surface area (Å²) in [6.45, 7) is 9.42. The van der Waals surface area contributed by atoms with Crippen LogP contribution in [0.5, 0.6) is 0 Å². The maximum atomic E-state index is 13.3. The van der Waals surface area contributed by atoms with E-state index in [4.69, 9.17) is 9.47 Å². The number of Topliss-reactive ketones (excluding diaryl/α,β-unsaturated/α-hetero) is 1. The van der Waals surface area contributed by atoms with E-state index in [0.29, 0.717) is 19.6 Å². The molecule has 0 radical (unpaired) electrons. The van der Waals surface area contributed by atoms with Crippen LogP contribution < -0.4 is 0 Å². The molecule has 2 heterocycles. The van der Waals surface area contributed by atoms with E-state index in [1.807, 2.05) is 6.92 Å². The van der Waals surface area contributed by atoms with Crippen LogP contribution in [0.2, 0.25) is 0 Å². The van der Waals surface area contributed by atoms with Crippen molar-refractivity contribution in [3.63, 3.8) is 0 Å². The molecule has 6 heteroatoms. The van der Waals surface area contributed by atoms with Crippen LogP contribution in [0.3, 0.4) is 0 Å². The van der Waals surface area contributed by atoms with Crippen molar-refractivity contribution in [2.45, 2.75) is 45.6 Å². The largest absolute Gasteiger partial charge is 0.354 e. The highest BCUT2D eigenvalue weighted by Gasteiger charge is 2.41. The van der Waals surface area contributed by atoms with Crippen LogP contribution in [0.4, 0.5) is 0 Å². The van der Waals surface area contributed by atoms with Crippen molar-refractivity contribution in [1.29, 1.82) is 0 Å². The minimum absolute atomic E-state index is 0.0580. The van der Waals surface area contributed by atoms with Gasteiger partial charge in [0.05, 0.1) is 18.6 Å². The average molecular weight is 357 g/mol. The second kappa shape index (κ2) is 7.29. The third kappa shape index (κ3) is 4.02. The fourth-order valence-electron chi connectivity index (χ4n) is 3.23. The van der Waals surface area contributed by atoms with Gasteiger partial charge < -0.3 is 9.47 Å². The zero-order valence-corrected chi connectivity index (χ0v) is 15.9. The molecule has 1 aliphatic rings. The number of hydrogen-bond acceptors (Lipinski definition) is 5. The summed E-state index contributed by atoms with van der Waals surface area (Å²) in [6.07, 6.45) is 3.61. The highest BCUT2D eigenvalue weighted by molar-refractivity contribution is 5.88. The number of carbonyl (C=O) groups excluding carboxylic acids is 1. The van der Waals surface area contributed by atoms with Crippen molar-refractivity contribution in [2.24, 2.45) is 5.41 Å². The van der Waals surface area contributed by atoms with Gasteiger partial charge in [-0.3, -0.25) is 4.79 Å². The van der Waals surface area contributed by atoms with Crippen LogP contribution in [0, 0.1) is 5.41 Å². The molecule has 0 N–H and O–H groups in total. The highest BCUT2D eigenvalue weighted by Crippen LogP contribution is 2.30. The van der Waals surface area contributed by atoms with E-state index in [-0.39, 0.29) is 18.0 Å². The van der Waals surface area contributed by atoms with E-state index >= 15 is 0 Å². The number of ketones is 1. The second-order valence-corrected chi connectivity index (χ2v) is 8.28. The molecule has 0 amide bonds. The van der Waals surface area contributed by atoms with E-state index in [2.05, 4.69) is 55.1 Å². The zero-order valence-electron chi connectivity index (χ0n) is 15.9. The summed E-state index contributed by atoms with van der Waals surface area (Å²) in [5.74, 6) is 0.0580. The van der Waals surface area contributed by atoms with E-state index in [0.717, 1.165) is 5.56 Å². The molecular formula is C20H27N3O3. The van der Waals surface area contributed by atoms with E-state index in [1.165, 1.54) is 11.9 Å². The molecule has 0 saturated carbocycles. The summed E-state index contributed by atoms with van der Waals surface area (Å²) in [5.41, 5.74) is 1.78. The number of nitrogens with zero attached hydrogens (tertiary/aromatic N) is 3. The molecule has 1 fully saturated rings. The van der Waals surface area contributed by atoms with Crippen LogP contribution in [0.25, 0.3) is 0 Å². The molecule has 1 atom stereocenters. The fourth-order valence-corrected chi connectivity index (χ4v) is 3.23. The smallest absolute Gasteiger partial charge is 0.168 e. The van der Waals surface area contributed by atoms with Crippen molar-refractivity contribution in [1.82, 2.24) is 14.8 Å². The lowest BCUT2D eigenvalue weighted by molar-refractivity contribution is -0.174. The zero-order chi connectivity index (χ0) is 18.8. The first-order valence-electron chi connectivity index (χ1n) is 8.93. The predicted molar refractivity (Wildman–Crippen MR) is 97.8 cm³/mol. The van der Waals surface area contributed by atoms with Crippen molar-refractivity contribution in [3.8, 4) is 0 Å². The number of carbonyl (C=O) groups is 1. The predicted octanol–water partition coefficient (Wildman–Crippen LogP) is 2.94. The second-order valence-electron chi connectivity index (χ2n) is 8.28. The number of ether oxygens (including phenoxy) is 2. The molecule has 6 nitrogen and oxygen atoms in total. The lowest BCUT2D eigenvalue weighted by Crippen LogP contribution is -2.45. The van der Waals surface area contributed by atoms with Crippen LogP contribution in [0.1, 0.15) is 44.9 Å². The Bertz CT molecular complexity index is 727. The summed E-state index contributed by atoms with van der Waals surface area (Å²) in [4.78, 5) is 17.3. The first-order chi connectivity index (χ1) is 12.3. The molecule has 1 aromatic carbocycles. The molecule has 0 aliphatic carbocycles. The third-order valence-electron chi connectivity index (χ3n) is 4.91. The topological polar surface area (TPSA) is 66.2 Å². The molecular weight excluding hydrogens is 330 g/mol. The standard InChI is InChI=1S/C20H27N3O3/c1-19(2,3)16-7-5-15(6-8-16)9-17(23-13-21-12-22-23)18(24)20(4)10-25-14-26-11-20/h5-8,12-13,17H,9-11,14H2,1-4H3. The Kier molecular flexibility index (Phi) is 5.25. The monoisotopic (exact) mass is 357 g/mol. The SMILES string of the molecule is CC1(C(=O)C(Cc2ccc(C(C)(C)C)cc2)n2cncn2)COCOC1. The lowest BCUT2D eigenvalue weighted by atomic mass is 9.81. The van der Waals surface area contributed by atoms with E-state index in [9.17, 15) is 4.79 Å². The first kappa shape index (κ1) is 18.7. The van der Waals surface area contributed by atoms with Gasteiger partial charge in [0.15, 0.2) is 5.78 Å². The lowest BCUT2D eigenvalue weighted by Gasteiger charge is -2.34. The van der Waals surface area contributed by atoms with Crippen LogP contribution >= 0.6 is 0 Å². The maximum absolute atomic E-state index is 13.3. The van der Waals surface area contributed by atoms with E-state index < -0.39 is 11.5 Å². The minimum Gasteiger partial charge on any atom is -0.354 e. The molecule has 0 spiro atoms. The van der Waals surface area contributed by atoms with Crippen molar-refractivity contribution < 1.29 is 14.3 Å². The van der Waals surface area contributed by atoms with Crippen LogP contribution in [0.15, 0.2) is 36.9 Å². The first-order valence-corrected chi connectivity index (χ1v) is 8.93. The Labute approximate surface area is 154 Å².